The molecule has 10 nitrogen and oxygen atoms in total. The summed E-state index contributed by atoms with van der Waals surface area (Å²) in [5, 5.41) is 21.5. The molecule has 0 fully saturated rings. The molecule has 2 aliphatic rings. The van der Waals surface area contributed by atoms with Crippen LogP contribution >= 0.6 is 10.4 Å². The average molecular weight is 515 g/mol. The number of ether oxygens (including phenoxy) is 1. The minimum absolute atomic E-state index is 0.312. The Labute approximate surface area is 211 Å². The van der Waals surface area contributed by atoms with E-state index in [-0.39, 0.29) is 0 Å². The number of carbonyl (C=O) groups is 2. The first-order valence-electron chi connectivity index (χ1n) is 11.9. The monoisotopic (exact) mass is 514 g/mol. The molecule has 2 aromatic rings. The van der Waals surface area contributed by atoms with Gasteiger partial charge in [-0.15, -0.1) is 0 Å². The highest BCUT2D eigenvalue weighted by molar-refractivity contribution is 8.54. The van der Waals surface area contributed by atoms with E-state index in [0.717, 1.165) is 42.7 Å². The molecule has 1 aromatic heterocycles. The van der Waals surface area contributed by atoms with Gasteiger partial charge in [0.1, 0.15) is 22.8 Å². The zero-order chi connectivity index (χ0) is 25.5. The molecule has 11 heteroatoms. The molecule has 0 unspecified atom stereocenters. The first-order valence-corrected chi connectivity index (χ1v) is 13.4. The highest BCUT2D eigenvalue weighted by Crippen LogP contribution is 2.61. The summed E-state index contributed by atoms with van der Waals surface area (Å²) in [6.45, 7) is 3.29. The fourth-order valence-electron chi connectivity index (χ4n) is 4.31. The van der Waals surface area contributed by atoms with Gasteiger partial charge in [0.25, 0.3) is 0 Å². The maximum absolute atomic E-state index is 12.3. The number of benzene rings is 1. The number of aryl methyl sites for hydroxylation is 1. The van der Waals surface area contributed by atoms with Gasteiger partial charge in [0.05, 0.1) is 18.0 Å². The molecule has 0 amide bonds. The van der Waals surface area contributed by atoms with Crippen molar-refractivity contribution in [2.45, 2.75) is 39.0 Å². The van der Waals surface area contributed by atoms with Crippen LogP contribution in [0.25, 0.3) is 0 Å². The lowest BCUT2D eigenvalue weighted by molar-refractivity contribution is 0.158. The van der Waals surface area contributed by atoms with Gasteiger partial charge in [0.15, 0.2) is 0 Å². The van der Waals surface area contributed by atoms with Gasteiger partial charge < -0.3 is 24.1 Å². The van der Waals surface area contributed by atoms with E-state index in [1.165, 1.54) is 32.8 Å². The van der Waals surface area contributed by atoms with E-state index in [0.29, 0.717) is 31.9 Å². The van der Waals surface area contributed by atoms with Crippen LogP contribution < -0.4 is 9.04 Å². The molecule has 0 atom stereocenters. The van der Waals surface area contributed by atoms with E-state index in [2.05, 4.69) is 10.1 Å². The van der Waals surface area contributed by atoms with Crippen molar-refractivity contribution in [2.24, 2.45) is 5.16 Å². The van der Waals surface area contributed by atoms with Crippen molar-refractivity contribution < 1.29 is 29.4 Å². The highest BCUT2D eigenvalue weighted by atomic mass is 32.3. The van der Waals surface area contributed by atoms with Crippen LogP contribution in [0.1, 0.15) is 43.7 Å². The molecule has 2 heterocycles. The maximum Gasteiger partial charge on any atom is 0.393 e. The molecule has 1 aliphatic carbocycles. The Morgan fingerprint density at radius 1 is 1.06 bits per heavy atom. The van der Waals surface area contributed by atoms with Crippen LogP contribution in [0.15, 0.2) is 60.3 Å². The molecule has 1 aliphatic heterocycles. The topological polar surface area (TPSA) is 125 Å². The molecule has 36 heavy (non-hydrogen) atoms. The Morgan fingerprint density at radius 2 is 1.83 bits per heavy atom. The van der Waals surface area contributed by atoms with Gasteiger partial charge >= 0.3 is 10.6 Å². The second-order valence-corrected chi connectivity index (χ2v) is 10.9. The lowest BCUT2D eigenvalue weighted by Crippen LogP contribution is -2.39. The normalized spacial score (nSPS) is 17.8. The number of rotatable bonds is 10. The van der Waals surface area contributed by atoms with Crippen LogP contribution in [0.5, 0.6) is 5.75 Å². The van der Waals surface area contributed by atoms with Crippen molar-refractivity contribution in [3.63, 3.8) is 0 Å². The van der Waals surface area contributed by atoms with E-state index >= 15 is 0 Å². The minimum atomic E-state index is -3.37. The molecule has 0 radical (unpaired) electrons. The third-order valence-corrected chi connectivity index (χ3v) is 8.87. The smallest absolute Gasteiger partial charge is 0.393 e. The van der Waals surface area contributed by atoms with Gasteiger partial charge in [-0.25, -0.2) is 9.59 Å². The molecule has 0 bridgehead atoms. The summed E-state index contributed by atoms with van der Waals surface area (Å²) in [4.78, 5) is 33.7. The van der Waals surface area contributed by atoms with Crippen LogP contribution in [0.3, 0.4) is 0 Å². The van der Waals surface area contributed by atoms with Crippen molar-refractivity contribution in [3.8, 4) is 5.75 Å². The molecular formula is C25H30N4O6S. The summed E-state index contributed by atoms with van der Waals surface area (Å²) >= 11 is 0. The Morgan fingerprint density at radius 3 is 2.56 bits per heavy atom. The molecule has 0 saturated heterocycles. The molecule has 192 valence electrons. The van der Waals surface area contributed by atoms with Gasteiger partial charge in [-0.2, -0.15) is 0 Å². The first-order chi connectivity index (χ1) is 17.5. The number of pyridine rings is 1. The Hall–Kier alpha value is -3.73. The van der Waals surface area contributed by atoms with E-state index in [9.17, 15) is 19.8 Å². The number of carboxylic acid groups (broad SMARTS) is 2. The van der Waals surface area contributed by atoms with Crippen LogP contribution in [-0.2, 0) is 11.3 Å². The Balaban J connectivity index is 1.29. The summed E-state index contributed by atoms with van der Waals surface area (Å²) in [6.07, 6.45) is 10.0. The van der Waals surface area contributed by atoms with E-state index < -0.39 is 21.0 Å². The fourth-order valence-corrected chi connectivity index (χ4v) is 6.71. The van der Waals surface area contributed by atoms with Gasteiger partial charge in [-0.1, -0.05) is 5.16 Å². The van der Waals surface area contributed by atoms with E-state index in [1.807, 2.05) is 25.1 Å². The molecule has 4 rings (SSSR count). The lowest BCUT2D eigenvalue weighted by Gasteiger charge is -2.42. The third-order valence-electron chi connectivity index (χ3n) is 6.01. The number of hydrogen-bond donors (Lipinski definition) is 2. The van der Waals surface area contributed by atoms with E-state index in [4.69, 9.17) is 9.57 Å². The van der Waals surface area contributed by atoms with Crippen LogP contribution in [-0.4, -0.2) is 55.6 Å². The number of oxime groups is 1. The summed E-state index contributed by atoms with van der Waals surface area (Å²) in [5.41, 5.74) is 3.76. The molecular weight excluding hydrogens is 484 g/mol. The van der Waals surface area contributed by atoms with Crippen molar-refractivity contribution >= 4 is 32.4 Å². The van der Waals surface area contributed by atoms with Crippen molar-refractivity contribution in [1.82, 2.24) is 9.29 Å². The summed E-state index contributed by atoms with van der Waals surface area (Å²) in [7, 11) is -3.37. The highest BCUT2D eigenvalue weighted by Gasteiger charge is 2.53. The number of hydrogen-bond acceptors (Lipinski definition) is 8. The average Bonchev–Trinajstić information content (AvgIpc) is 3.47. The number of unbranched alkanes of at least 4 members (excludes halogenated alkanes) is 2. The van der Waals surface area contributed by atoms with Gasteiger partial charge in [0.2, 0.25) is 0 Å². The minimum Gasteiger partial charge on any atom is -0.494 e. The molecule has 0 saturated carbocycles. The summed E-state index contributed by atoms with van der Waals surface area (Å²) < 4.78 is 8.70. The number of aromatic nitrogens is 1. The molecule has 1 aromatic carbocycles. The third kappa shape index (κ3) is 4.97. The number of fused-ring (bicyclic) bond motifs is 1. The van der Waals surface area contributed by atoms with Crippen LogP contribution in [0.2, 0.25) is 0 Å². The van der Waals surface area contributed by atoms with Gasteiger partial charge in [0, 0.05) is 36.9 Å². The van der Waals surface area contributed by atoms with Gasteiger partial charge in [-0.05, 0) is 74.9 Å². The van der Waals surface area contributed by atoms with Gasteiger partial charge in [-0.3, -0.25) is 9.29 Å². The summed E-state index contributed by atoms with van der Waals surface area (Å²) in [6, 6.07) is 9.20. The predicted molar refractivity (Wildman–Crippen MR) is 138 cm³/mol. The van der Waals surface area contributed by atoms with Crippen molar-refractivity contribution in [3.05, 3.63) is 66.3 Å². The van der Waals surface area contributed by atoms with Crippen molar-refractivity contribution in [1.29, 1.82) is 0 Å². The zero-order valence-corrected chi connectivity index (χ0v) is 20.9. The lowest BCUT2D eigenvalue weighted by atomic mass is 10.1. The maximum atomic E-state index is 12.3. The number of nitrogens with zero attached hydrogens (tertiary/aromatic N) is 4. The second-order valence-electron chi connectivity index (χ2n) is 8.23. The first kappa shape index (κ1) is 25.4. The SMILES string of the molecule is CCO/N=C1\CCc2cc(OCCCCCN3C=CN(c4ccncc4)S3(C(=O)O)C(=O)O)ccc21. The fraction of sp³-hybridized carbons (Fsp3) is 0.360. The predicted octanol–water partition coefficient (Wildman–Crippen LogP) is 5.60. The number of anilines is 1. The van der Waals surface area contributed by atoms with Crippen LogP contribution in [0.4, 0.5) is 15.3 Å². The Bertz CT molecular complexity index is 1140. The van der Waals surface area contributed by atoms with Crippen LogP contribution in [0, 0.1) is 0 Å². The standard InChI is InChI=1S/C25H30N4O6S/c1-2-35-27-23-9-6-19-18-21(7-8-22(19)23)34-17-5-3-4-14-28-15-16-29(20-10-12-26-13-11-20)36(28,24(30)31)25(32)33/h7-8,10-13,15-16,18H,2-6,9,14,17H2,1H3,(H,30,31)(H,32,33)/b27-23+. The largest absolute Gasteiger partial charge is 0.494 e. The Kier molecular flexibility index (Phi) is 7.99. The molecule has 2 N–H and O–H groups in total. The van der Waals surface area contributed by atoms with Crippen molar-refractivity contribution in [2.75, 3.05) is 24.1 Å². The molecule has 0 spiro atoms. The zero-order valence-electron chi connectivity index (χ0n) is 20.1. The summed E-state index contributed by atoms with van der Waals surface area (Å²) in [5.74, 6) is 0.807. The quantitative estimate of drug-likeness (QED) is 0.308. The van der Waals surface area contributed by atoms with E-state index in [1.54, 1.807) is 18.3 Å². The second kappa shape index (κ2) is 11.3.